The fourth-order valence-electron chi connectivity index (χ4n) is 2.01. The summed E-state index contributed by atoms with van der Waals surface area (Å²) >= 11 is 0. The first-order chi connectivity index (χ1) is 8.02. The Morgan fingerprint density at radius 3 is 3.00 bits per heavy atom. The topological polar surface area (TPSA) is 47.6 Å². The van der Waals surface area contributed by atoms with E-state index >= 15 is 0 Å². The zero-order chi connectivity index (χ0) is 12.5. The molecular formula is C13H17NO3. The quantitative estimate of drug-likeness (QED) is 0.855. The van der Waals surface area contributed by atoms with Gasteiger partial charge in [0.2, 0.25) is 0 Å². The maximum atomic E-state index is 11.0. The van der Waals surface area contributed by atoms with E-state index in [9.17, 15) is 4.79 Å². The Bertz CT molecular complexity index is 440. The average Bonchev–Trinajstić information content (AvgIpc) is 2.60. The number of hydrogen-bond donors (Lipinski definition) is 1. The van der Waals surface area contributed by atoms with E-state index < -0.39 is 6.09 Å². The van der Waals surface area contributed by atoms with Gasteiger partial charge in [-0.3, -0.25) is 0 Å². The summed E-state index contributed by atoms with van der Waals surface area (Å²) in [6, 6.07) is 5.93. The van der Waals surface area contributed by atoms with Crippen molar-refractivity contribution in [2.24, 2.45) is 0 Å². The van der Waals surface area contributed by atoms with Gasteiger partial charge in [-0.1, -0.05) is 18.2 Å². The Kier molecular flexibility index (Phi) is 2.96. The molecule has 0 saturated heterocycles. The summed E-state index contributed by atoms with van der Waals surface area (Å²) in [6.45, 7) is 4.34. The number of alkyl carbamates (subject to hydrolysis) is 1. The Morgan fingerprint density at radius 1 is 1.53 bits per heavy atom. The highest BCUT2D eigenvalue weighted by atomic mass is 16.6. The van der Waals surface area contributed by atoms with E-state index in [4.69, 9.17) is 9.47 Å². The van der Waals surface area contributed by atoms with Gasteiger partial charge in [-0.05, 0) is 19.4 Å². The van der Waals surface area contributed by atoms with Crippen LogP contribution >= 0.6 is 0 Å². The molecule has 1 aliphatic rings. The lowest BCUT2D eigenvalue weighted by molar-refractivity contribution is 0.126. The predicted molar refractivity (Wildman–Crippen MR) is 64.1 cm³/mol. The zero-order valence-electron chi connectivity index (χ0n) is 10.4. The van der Waals surface area contributed by atoms with E-state index in [1.165, 1.54) is 12.6 Å². The van der Waals surface area contributed by atoms with Gasteiger partial charge >= 0.3 is 6.09 Å². The Morgan fingerprint density at radius 2 is 2.29 bits per heavy atom. The molecule has 1 aliphatic heterocycles. The minimum Gasteiger partial charge on any atom is -0.487 e. The molecule has 4 nitrogen and oxygen atoms in total. The van der Waals surface area contributed by atoms with Crippen molar-refractivity contribution < 1.29 is 14.3 Å². The molecule has 1 amide bonds. The first kappa shape index (κ1) is 11.8. The second kappa shape index (κ2) is 4.28. The molecule has 0 aromatic heterocycles. The van der Waals surface area contributed by atoms with Gasteiger partial charge in [-0.2, -0.15) is 0 Å². The second-order valence-corrected chi connectivity index (χ2v) is 4.77. The second-order valence-electron chi connectivity index (χ2n) is 4.77. The van der Waals surface area contributed by atoms with Gasteiger partial charge < -0.3 is 14.8 Å². The van der Waals surface area contributed by atoms with Gasteiger partial charge in [0.25, 0.3) is 0 Å². The van der Waals surface area contributed by atoms with Crippen LogP contribution in [0.15, 0.2) is 18.2 Å². The number of ether oxygens (including phenoxy) is 2. The van der Waals surface area contributed by atoms with Crippen LogP contribution < -0.4 is 10.1 Å². The van der Waals surface area contributed by atoms with Gasteiger partial charge in [0.15, 0.2) is 0 Å². The lowest BCUT2D eigenvalue weighted by atomic mass is 10.0. The van der Waals surface area contributed by atoms with E-state index in [1.807, 2.05) is 18.2 Å². The van der Waals surface area contributed by atoms with Crippen molar-refractivity contribution in [3.05, 3.63) is 29.3 Å². The Balaban J connectivity index is 2.16. The maximum Gasteiger partial charge on any atom is 0.407 e. The molecule has 0 atom stereocenters. The van der Waals surface area contributed by atoms with Crippen molar-refractivity contribution in [2.75, 3.05) is 7.05 Å². The van der Waals surface area contributed by atoms with Gasteiger partial charge in [0.05, 0.1) is 0 Å². The molecule has 1 heterocycles. The van der Waals surface area contributed by atoms with Crippen LogP contribution in [-0.4, -0.2) is 18.7 Å². The molecule has 0 saturated carbocycles. The maximum absolute atomic E-state index is 11.0. The Labute approximate surface area is 101 Å². The van der Waals surface area contributed by atoms with Crippen molar-refractivity contribution in [3.63, 3.8) is 0 Å². The highest BCUT2D eigenvalue weighted by molar-refractivity contribution is 5.66. The third-order valence-electron chi connectivity index (χ3n) is 2.74. The zero-order valence-corrected chi connectivity index (χ0v) is 10.4. The highest BCUT2D eigenvalue weighted by Gasteiger charge is 2.31. The van der Waals surface area contributed by atoms with Crippen LogP contribution in [0.1, 0.15) is 25.0 Å². The molecule has 4 heteroatoms. The summed E-state index contributed by atoms with van der Waals surface area (Å²) in [5, 5.41) is 2.42. The van der Waals surface area contributed by atoms with Crippen molar-refractivity contribution >= 4 is 6.09 Å². The fourth-order valence-corrected chi connectivity index (χ4v) is 2.01. The lowest BCUT2D eigenvalue weighted by Crippen LogP contribution is -2.25. The number of benzene rings is 1. The molecule has 1 aromatic carbocycles. The molecule has 1 aromatic rings. The van der Waals surface area contributed by atoms with Crippen molar-refractivity contribution in [3.8, 4) is 5.75 Å². The van der Waals surface area contributed by atoms with Crippen LogP contribution in [0.5, 0.6) is 5.75 Å². The van der Waals surface area contributed by atoms with Crippen molar-refractivity contribution in [2.45, 2.75) is 32.5 Å². The number of carbonyl (C=O) groups is 1. The van der Waals surface area contributed by atoms with E-state index in [-0.39, 0.29) is 12.2 Å². The molecule has 2 rings (SSSR count). The highest BCUT2D eigenvalue weighted by Crippen LogP contribution is 2.37. The van der Waals surface area contributed by atoms with E-state index in [0.717, 1.165) is 17.7 Å². The van der Waals surface area contributed by atoms with Gasteiger partial charge in [-0.15, -0.1) is 0 Å². The summed E-state index contributed by atoms with van der Waals surface area (Å²) in [5.74, 6) is 0.862. The molecule has 0 bridgehead atoms. The third kappa shape index (κ3) is 2.52. The number of nitrogens with one attached hydrogen (secondary N) is 1. The largest absolute Gasteiger partial charge is 0.487 e. The minimum atomic E-state index is -0.431. The summed E-state index contributed by atoms with van der Waals surface area (Å²) in [5.41, 5.74) is 1.91. The lowest BCUT2D eigenvalue weighted by Gasteiger charge is -2.18. The molecule has 0 unspecified atom stereocenters. The monoisotopic (exact) mass is 235 g/mol. The van der Waals surface area contributed by atoms with Gasteiger partial charge in [-0.25, -0.2) is 4.79 Å². The summed E-state index contributed by atoms with van der Waals surface area (Å²) < 4.78 is 10.9. The number of rotatable bonds is 2. The van der Waals surface area contributed by atoms with Crippen molar-refractivity contribution in [1.29, 1.82) is 0 Å². The standard InChI is InChI=1S/C13H17NO3/c1-13(2)7-9-5-4-6-10(11(9)17-13)8-16-12(15)14-3/h4-6H,7-8H2,1-3H3,(H,14,15). The average molecular weight is 235 g/mol. The van der Waals surface area contributed by atoms with Crippen LogP contribution in [-0.2, 0) is 17.8 Å². The number of amides is 1. The number of fused-ring (bicyclic) bond motifs is 1. The van der Waals surface area contributed by atoms with Gasteiger partial charge in [0.1, 0.15) is 18.0 Å². The molecule has 0 aliphatic carbocycles. The van der Waals surface area contributed by atoms with Crippen molar-refractivity contribution in [1.82, 2.24) is 5.32 Å². The van der Waals surface area contributed by atoms with Crippen LogP contribution in [0.2, 0.25) is 0 Å². The third-order valence-corrected chi connectivity index (χ3v) is 2.74. The van der Waals surface area contributed by atoms with E-state index in [1.54, 1.807) is 0 Å². The SMILES string of the molecule is CNC(=O)OCc1cccc2c1OC(C)(C)C2. The Hall–Kier alpha value is -1.71. The summed E-state index contributed by atoms with van der Waals surface area (Å²) in [7, 11) is 1.54. The molecule has 0 fully saturated rings. The fraction of sp³-hybridized carbons (Fsp3) is 0.462. The van der Waals surface area contributed by atoms with Crippen LogP contribution in [0, 0.1) is 0 Å². The smallest absolute Gasteiger partial charge is 0.407 e. The molecule has 0 spiro atoms. The van der Waals surface area contributed by atoms with E-state index in [0.29, 0.717) is 0 Å². The molecule has 1 N–H and O–H groups in total. The van der Waals surface area contributed by atoms with Crippen LogP contribution in [0.3, 0.4) is 0 Å². The molecular weight excluding hydrogens is 218 g/mol. The normalized spacial score (nSPS) is 15.9. The predicted octanol–water partition coefficient (Wildman–Crippen LogP) is 2.26. The first-order valence-corrected chi connectivity index (χ1v) is 5.66. The first-order valence-electron chi connectivity index (χ1n) is 5.66. The number of hydrogen-bond acceptors (Lipinski definition) is 3. The minimum absolute atomic E-state index is 0.175. The summed E-state index contributed by atoms with van der Waals surface area (Å²) in [6.07, 6.45) is 0.454. The molecule has 92 valence electrons. The molecule has 17 heavy (non-hydrogen) atoms. The van der Waals surface area contributed by atoms with Gasteiger partial charge in [0, 0.05) is 19.0 Å². The van der Waals surface area contributed by atoms with Crippen LogP contribution in [0.25, 0.3) is 0 Å². The van der Waals surface area contributed by atoms with E-state index in [2.05, 4.69) is 19.2 Å². The summed E-state index contributed by atoms with van der Waals surface area (Å²) in [4.78, 5) is 11.0. The molecule has 0 radical (unpaired) electrons. The number of carbonyl (C=O) groups excluding carboxylic acids is 1. The number of para-hydroxylation sites is 1. The van der Waals surface area contributed by atoms with Crippen LogP contribution in [0.4, 0.5) is 4.79 Å².